The Morgan fingerprint density at radius 3 is 2.20 bits per heavy atom. The van der Waals surface area contributed by atoms with Gasteiger partial charge in [0.25, 0.3) is 0 Å². The number of halogens is 2. The molecule has 0 radical (unpaired) electrons. The maximum absolute atomic E-state index is 6.37. The Bertz CT molecular complexity index is 996. The van der Waals surface area contributed by atoms with Gasteiger partial charge >= 0.3 is 0 Å². The monoisotopic (exact) mass is 459 g/mol. The van der Waals surface area contributed by atoms with E-state index in [1.807, 2.05) is 18.2 Å². The molecule has 1 aliphatic rings. The molecular formula is C24H27Cl2N3S. The molecule has 3 aromatic rings. The second-order valence-electron chi connectivity index (χ2n) is 8.93. The number of hydrogen-bond acceptors (Lipinski definition) is 3. The van der Waals surface area contributed by atoms with Gasteiger partial charge in [-0.25, -0.2) is 0 Å². The van der Waals surface area contributed by atoms with E-state index in [-0.39, 0.29) is 5.41 Å². The fourth-order valence-corrected chi connectivity index (χ4v) is 5.74. The van der Waals surface area contributed by atoms with Gasteiger partial charge in [0.15, 0.2) is 11.0 Å². The zero-order chi connectivity index (χ0) is 21.3. The van der Waals surface area contributed by atoms with Crippen LogP contribution in [-0.2, 0) is 11.2 Å². The second-order valence-corrected chi connectivity index (χ2v) is 10.7. The van der Waals surface area contributed by atoms with E-state index in [0.29, 0.717) is 21.8 Å². The molecule has 0 bridgehead atoms. The first-order valence-electron chi connectivity index (χ1n) is 10.5. The van der Waals surface area contributed by atoms with Crippen LogP contribution in [0.2, 0.25) is 10.0 Å². The van der Waals surface area contributed by atoms with Crippen molar-refractivity contribution in [3.8, 4) is 11.4 Å². The summed E-state index contributed by atoms with van der Waals surface area (Å²) in [5.74, 6) is 1.63. The van der Waals surface area contributed by atoms with Crippen LogP contribution >= 0.6 is 35.0 Å². The Morgan fingerprint density at radius 2 is 1.60 bits per heavy atom. The molecule has 0 atom stereocenters. The normalized spacial score (nSPS) is 15.1. The van der Waals surface area contributed by atoms with Crippen LogP contribution in [0.15, 0.2) is 47.6 Å². The molecule has 4 rings (SSSR count). The lowest BCUT2D eigenvalue weighted by molar-refractivity contribution is 0.485. The SMILES string of the molecule is CC(C)(C)c1ccc(-c2nnc(SCc3c(Cl)cccc3Cl)n2C2CCCC2)cc1. The van der Waals surface area contributed by atoms with Gasteiger partial charge in [0, 0.05) is 27.4 Å². The van der Waals surface area contributed by atoms with Crippen LogP contribution in [0.5, 0.6) is 0 Å². The number of rotatable bonds is 5. The molecule has 0 amide bonds. The minimum atomic E-state index is 0.132. The Morgan fingerprint density at radius 1 is 0.967 bits per heavy atom. The van der Waals surface area contributed by atoms with E-state index in [1.165, 1.54) is 31.2 Å². The summed E-state index contributed by atoms with van der Waals surface area (Å²) in [6.07, 6.45) is 4.86. The highest BCUT2D eigenvalue weighted by Gasteiger charge is 2.25. The third kappa shape index (κ3) is 4.56. The maximum atomic E-state index is 6.37. The van der Waals surface area contributed by atoms with Crippen molar-refractivity contribution in [3.63, 3.8) is 0 Å². The van der Waals surface area contributed by atoms with E-state index in [0.717, 1.165) is 22.1 Å². The van der Waals surface area contributed by atoms with E-state index in [4.69, 9.17) is 23.2 Å². The van der Waals surface area contributed by atoms with Gasteiger partial charge in [-0.15, -0.1) is 10.2 Å². The van der Waals surface area contributed by atoms with Crippen LogP contribution in [-0.4, -0.2) is 14.8 Å². The van der Waals surface area contributed by atoms with Crippen molar-refractivity contribution in [2.45, 2.75) is 68.8 Å². The molecule has 6 heteroatoms. The van der Waals surface area contributed by atoms with Gasteiger partial charge in [-0.2, -0.15) is 0 Å². The molecule has 1 heterocycles. The Balaban J connectivity index is 1.66. The van der Waals surface area contributed by atoms with Crippen molar-refractivity contribution >= 4 is 35.0 Å². The average molecular weight is 460 g/mol. The van der Waals surface area contributed by atoms with Gasteiger partial charge < -0.3 is 0 Å². The summed E-state index contributed by atoms with van der Waals surface area (Å²) in [5, 5.41) is 11.5. The van der Waals surface area contributed by atoms with Crippen LogP contribution in [0.4, 0.5) is 0 Å². The Labute approximate surface area is 193 Å². The molecule has 0 N–H and O–H groups in total. The standard InChI is InChI=1S/C24H27Cl2N3S/c1-24(2,3)17-13-11-16(12-14-17)22-27-28-23(29(22)18-7-4-5-8-18)30-15-19-20(25)9-6-10-21(19)26/h6,9-14,18H,4-5,7-8,15H2,1-3H3. The highest BCUT2D eigenvalue weighted by atomic mass is 35.5. The summed E-state index contributed by atoms with van der Waals surface area (Å²) < 4.78 is 2.34. The summed E-state index contributed by atoms with van der Waals surface area (Å²) in [6.45, 7) is 6.70. The maximum Gasteiger partial charge on any atom is 0.192 e. The zero-order valence-electron chi connectivity index (χ0n) is 17.7. The first-order valence-corrected chi connectivity index (χ1v) is 12.2. The van der Waals surface area contributed by atoms with E-state index < -0.39 is 0 Å². The predicted molar refractivity (Wildman–Crippen MR) is 128 cm³/mol. The second kappa shape index (κ2) is 8.94. The van der Waals surface area contributed by atoms with Crippen molar-refractivity contribution in [2.24, 2.45) is 0 Å². The first kappa shape index (κ1) is 21.7. The van der Waals surface area contributed by atoms with Gasteiger partial charge in [-0.3, -0.25) is 4.57 Å². The highest BCUT2D eigenvalue weighted by molar-refractivity contribution is 7.98. The molecule has 2 aromatic carbocycles. The summed E-state index contributed by atoms with van der Waals surface area (Å²) in [4.78, 5) is 0. The molecule has 0 saturated heterocycles. The Hall–Kier alpha value is -1.49. The summed E-state index contributed by atoms with van der Waals surface area (Å²) >= 11 is 14.4. The van der Waals surface area contributed by atoms with E-state index in [1.54, 1.807) is 11.8 Å². The largest absolute Gasteiger partial charge is 0.299 e. The topological polar surface area (TPSA) is 30.7 Å². The summed E-state index contributed by atoms with van der Waals surface area (Å²) in [6, 6.07) is 14.9. The van der Waals surface area contributed by atoms with E-state index >= 15 is 0 Å². The zero-order valence-corrected chi connectivity index (χ0v) is 20.0. The van der Waals surface area contributed by atoms with Crippen LogP contribution in [0, 0.1) is 0 Å². The van der Waals surface area contributed by atoms with E-state index in [9.17, 15) is 0 Å². The van der Waals surface area contributed by atoms with Crippen LogP contribution < -0.4 is 0 Å². The third-order valence-corrected chi connectivity index (χ3v) is 7.45. The van der Waals surface area contributed by atoms with Crippen LogP contribution in [0.3, 0.4) is 0 Å². The van der Waals surface area contributed by atoms with Gasteiger partial charge in [-0.1, -0.05) is 98.9 Å². The van der Waals surface area contributed by atoms with E-state index in [2.05, 4.69) is 59.8 Å². The predicted octanol–water partition coefficient (Wildman–Crippen LogP) is 7.96. The molecule has 1 saturated carbocycles. The third-order valence-electron chi connectivity index (χ3n) is 5.77. The number of nitrogens with zero attached hydrogens (tertiary/aromatic N) is 3. The van der Waals surface area contributed by atoms with Gasteiger partial charge in [0.1, 0.15) is 0 Å². The fourth-order valence-electron chi connectivity index (χ4n) is 3.99. The first-order chi connectivity index (χ1) is 14.3. The van der Waals surface area contributed by atoms with Crippen molar-refractivity contribution < 1.29 is 0 Å². The van der Waals surface area contributed by atoms with Crippen LogP contribution in [0.1, 0.15) is 63.6 Å². The Kier molecular flexibility index (Phi) is 6.47. The number of benzene rings is 2. The molecule has 158 valence electrons. The summed E-state index contributed by atoms with van der Waals surface area (Å²) in [5.41, 5.74) is 3.52. The van der Waals surface area contributed by atoms with Crippen LogP contribution in [0.25, 0.3) is 11.4 Å². The lowest BCUT2D eigenvalue weighted by Gasteiger charge is -2.20. The molecule has 0 spiro atoms. The minimum absolute atomic E-state index is 0.132. The van der Waals surface area contributed by atoms with Crippen molar-refractivity contribution in [1.29, 1.82) is 0 Å². The summed E-state index contributed by atoms with van der Waals surface area (Å²) in [7, 11) is 0. The van der Waals surface area contributed by atoms with Gasteiger partial charge in [-0.05, 0) is 41.5 Å². The molecule has 1 aromatic heterocycles. The molecule has 3 nitrogen and oxygen atoms in total. The smallest absolute Gasteiger partial charge is 0.192 e. The van der Waals surface area contributed by atoms with Crippen molar-refractivity contribution in [1.82, 2.24) is 14.8 Å². The van der Waals surface area contributed by atoms with Gasteiger partial charge in [0.05, 0.1) is 0 Å². The molecule has 0 aliphatic heterocycles. The van der Waals surface area contributed by atoms with Crippen molar-refractivity contribution in [2.75, 3.05) is 0 Å². The lowest BCUT2D eigenvalue weighted by Crippen LogP contribution is -2.11. The quantitative estimate of drug-likeness (QED) is 0.362. The minimum Gasteiger partial charge on any atom is -0.299 e. The molecule has 1 fully saturated rings. The molecular weight excluding hydrogens is 433 g/mol. The number of aromatic nitrogens is 3. The fraction of sp³-hybridized carbons (Fsp3) is 0.417. The number of hydrogen-bond donors (Lipinski definition) is 0. The molecule has 30 heavy (non-hydrogen) atoms. The average Bonchev–Trinajstić information content (AvgIpc) is 3.36. The highest BCUT2D eigenvalue weighted by Crippen LogP contribution is 2.39. The molecule has 1 aliphatic carbocycles. The number of thioether (sulfide) groups is 1. The van der Waals surface area contributed by atoms with Crippen molar-refractivity contribution in [3.05, 3.63) is 63.6 Å². The lowest BCUT2D eigenvalue weighted by atomic mass is 9.86. The molecule has 0 unspecified atom stereocenters. The van der Waals surface area contributed by atoms with Gasteiger partial charge in [0.2, 0.25) is 0 Å².